The van der Waals surface area contributed by atoms with E-state index in [0.29, 0.717) is 12.8 Å². The molecule has 20 heavy (non-hydrogen) atoms. The van der Waals surface area contributed by atoms with E-state index in [1.807, 2.05) is 0 Å². The van der Waals surface area contributed by atoms with Crippen molar-refractivity contribution >= 4 is 17.8 Å². The molecule has 0 spiro atoms. The van der Waals surface area contributed by atoms with Crippen LogP contribution in [0.1, 0.15) is 47.0 Å². The van der Waals surface area contributed by atoms with Crippen molar-refractivity contribution in [2.45, 2.75) is 64.6 Å². The molecule has 0 saturated heterocycles. The zero-order valence-electron chi connectivity index (χ0n) is 12.4. The molecular formula is C13H24N2O5. The van der Waals surface area contributed by atoms with E-state index >= 15 is 0 Å². The Morgan fingerprint density at radius 2 is 1.75 bits per heavy atom. The summed E-state index contributed by atoms with van der Waals surface area (Å²) in [5.74, 6) is -2.37. The van der Waals surface area contributed by atoms with Gasteiger partial charge in [-0.05, 0) is 26.7 Å². The molecule has 7 heteroatoms. The van der Waals surface area contributed by atoms with E-state index < -0.39 is 35.8 Å². The van der Waals surface area contributed by atoms with Gasteiger partial charge in [0.2, 0.25) is 5.91 Å². The maximum atomic E-state index is 12.1. The largest absolute Gasteiger partial charge is 0.481 e. The van der Waals surface area contributed by atoms with Gasteiger partial charge in [-0.2, -0.15) is 0 Å². The van der Waals surface area contributed by atoms with Gasteiger partial charge in [0.05, 0.1) is 18.6 Å². The van der Waals surface area contributed by atoms with E-state index in [4.69, 9.17) is 15.6 Å². The van der Waals surface area contributed by atoms with Gasteiger partial charge in [0.15, 0.2) is 0 Å². The van der Waals surface area contributed by atoms with Crippen LogP contribution in [-0.2, 0) is 19.1 Å². The Morgan fingerprint density at radius 3 is 2.10 bits per heavy atom. The monoisotopic (exact) mass is 288 g/mol. The smallest absolute Gasteiger partial charge is 0.332 e. The number of nitrogens with two attached hydrogens (primary N) is 1. The van der Waals surface area contributed by atoms with Crippen molar-refractivity contribution in [1.82, 2.24) is 5.32 Å². The van der Waals surface area contributed by atoms with E-state index in [9.17, 15) is 14.4 Å². The first kappa shape index (κ1) is 18.4. The third-order valence-electron chi connectivity index (χ3n) is 3.03. The third-order valence-corrected chi connectivity index (χ3v) is 3.03. The SMILES string of the molecule is CCC(CC)(NC(=O)[C@@H](N)CC(=O)O)C(=O)OC(C)C. The van der Waals surface area contributed by atoms with Gasteiger partial charge in [-0.15, -0.1) is 0 Å². The second-order valence-electron chi connectivity index (χ2n) is 4.94. The van der Waals surface area contributed by atoms with Crippen molar-refractivity contribution in [3.8, 4) is 0 Å². The summed E-state index contributed by atoms with van der Waals surface area (Å²) >= 11 is 0. The number of rotatable bonds is 8. The molecule has 0 rings (SSSR count). The minimum absolute atomic E-state index is 0.301. The molecule has 116 valence electrons. The molecule has 0 aromatic rings. The van der Waals surface area contributed by atoms with Crippen LogP contribution in [0.2, 0.25) is 0 Å². The highest BCUT2D eigenvalue weighted by molar-refractivity contribution is 5.92. The number of carbonyl (C=O) groups excluding carboxylic acids is 2. The molecule has 0 aliphatic rings. The summed E-state index contributed by atoms with van der Waals surface area (Å²) in [6, 6.07) is -1.20. The van der Waals surface area contributed by atoms with Crippen LogP contribution in [0.3, 0.4) is 0 Å². The summed E-state index contributed by atoms with van der Waals surface area (Å²) in [6.07, 6.45) is -0.125. The van der Waals surface area contributed by atoms with Gasteiger partial charge >= 0.3 is 11.9 Å². The fourth-order valence-corrected chi connectivity index (χ4v) is 1.70. The molecule has 4 N–H and O–H groups in total. The van der Waals surface area contributed by atoms with Crippen LogP contribution >= 0.6 is 0 Å². The molecule has 0 heterocycles. The molecule has 1 atom stereocenters. The molecule has 0 aromatic carbocycles. The van der Waals surface area contributed by atoms with Gasteiger partial charge in [-0.25, -0.2) is 4.79 Å². The Kier molecular flexibility index (Phi) is 7.20. The summed E-state index contributed by atoms with van der Waals surface area (Å²) in [5, 5.41) is 11.2. The van der Waals surface area contributed by atoms with Crippen molar-refractivity contribution in [2.24, 2.45) is 5.73 Å². The number of aliphatic carboxylic acids is 1. The average molecular weight is 288 g/mol. The van der Waals surface area contributed by atoms with Gasteiger partial charge in [0.25, 0.3) is 0 Å². The molecule has 0 radical (unpaired) electrons. The Bertz CT molecular complexity index is 364. The fourth-order valence-electron chi connectivity index (χ4n) is 1.70. The number of carboxylic acids is 1. The molecule has 0 bridgehead atoms. The number of carboxylic acid groups (broad SMARTS) is 1. The Morgan fingerprint density at radius 1 is 1.25 bits per heavy atom. The lowest BCUT2D eigenvalue weighted by Crippen LogP contribution is -2.58. The van der Waals surface area contributed by atoms with Crippen molar-refractivity contribution < 1.29 is 24.2 Å². The van der Waals surface area contributed by atoms with Crippen LogP contribution in [0.5, 0.6) is 0 Å². The maximum Gasteiger partial charge on any atom is 0.332 e. The van der Waals surface area contributed by atoms with E-state index in [1.54, 1.807) is 27.7 Å². The molecule has 0 aromatic heterocycles. The topological polar surface area (TPSA) is 119 Å². The summed E-state index contributed by atoms with van der Waals surface area (Å²) in [6.45, 7) is 6.92. The van der Waals surface area contributed by atoms with Crippen molar-refractivity contribution in [2.75, 3.05) is 0 Å². The quantitative estimate of drug-likeness (QED) is 0.557. The van der Waals surface area contributed by atoms with Crippen LogP contribution in [0.4, 0.5) is 0 Å². The Balaban J connectivity index is 4.96. The molecule has 1 amide bonds. The van der Waals surface area contributed by atoms with Crippen LogP contribution in [-0.4, -0.2) is 40.6 Å². The van der Waals surface area contributed by atoms with Crippen molar-refractivity contribution in [1.29, 1.82) is 0 Å². The first-order chi connectivity index (χ1) is 9.18. The summed E-state index contributed by atoms with van der Waals surface area (Å²) in [4.78, 5) is 34.6. The second kappa shape index (κ2) is 7.84. The summed E-state index contributed by atoms with van der Waals surface area (Å²) in [5.41, 5.74) is 4.32. The van der Waals surface area contributed by atoms with Gasteiger partial charge < -0.3 is 20.9 Å². The average Bonchev–Trinajstić information content (AvgIpc) is 2.33. The molecule has 0 aliphatic heterocycles. The predicted octanol–water partition coefficient (Wildman–Crippen LogP) is 0.415. The zero-order chi connectivity index (χ0) is 15.9. The Hall–Kier alpha value is -1.63. The lowest BCUT2D eigenvalue weighted by Gasteiger charge is -2.32. The first-order valence-electron chi connectivity index (χ1n) is 6.69. The number of hydrogen-bond donors (Lipinski definition) is 3. The predicted molar refractivity (Wildman–Crippen MR) is 72.9 cm³/mol. The standard InChI is InChI=1S/C13H24N2O5/c1-5-13(6-2,12(19)20-8(3)4)15-11(18)9(14)7-10(16)17/h8-9H,5-7,14H2,1-4H3,(H,15,18)(H,16,17)/t9-/m0/s1. The number of amides is 1. The summed E-state index contributed by atoms with van der Waals surface area (Å²) in [7, 11) is 0. The van der Waals surface area contributed by atoms with Crippen molar-refractivity contribution in [3.63, 3.8) is 0 Å². The number of hydrogen-bond acceptors (Lipinski definition) is 5. The van der Waals surface area contributed by atoms with Crippen LogP contribution < -0.4 is 11.1 Å². The molecule has 0 saturated carbocycles. The fraction of sp³-hybridized carbons (Fsp3) is 0.769. The van der Waals surface area contributed by atoms with E-state index in [0.717, 1.165) is 0 Å². The van der Waals surface area contributed by atoms with Gasteiger partial charge in [-0.3, -0.25) is 9.59 Å². The lowest BCUT2D eigenvalue weighted by molar-refractivity contribution is -0.158. The van der Waals surface area contributed by atoms with E-state index in [1.165, 1.54) is 0 Å². The molecular weight excluding hydrogens is 264 g/mol. The minimum atomic E-state index is -1.20. The van der Waals surface area contributed by atoms with E-state index in [-0.39, 0.29) is 6.10 Å². The van der Waals surface area contributed by atoms with Gasteiger partial charge in [0, 0.05) is 0 Å². The molecule has 0 unspecified atom stereocenters. The Labute approximate surface area is 118 Å². The lowest BCUT2D eigenvalue weighted by atomic mass is 9.92. The van der Waals surface area contributed by atoms with Gasteiger partial charge in [-0.1, -0.05) is 13.8 Å². The third kappa shape index (κ3) is 5.16. The molecule has 0 fully saturated rings. The normalized spacial score (nSPS) is 12.9. The minimum Gasteiger partial charge on any atom is -0.481 e. The number of esters is 1. The molecule has 0 aliphatic carbocycles. The van der Waals surface area contributed by atoms with Crippen LogP contribution in [0.25, 0.3) is 0 Å². The zero-order valence-corrected chi connectivity index (χ0v) is 12.4. The van der Waals surface area contributed by atoms with Gasteiger partial charge in [0.1, 0.15) is 5.54 Å². The summed E-state index contributed by atoms with van der Waals surface area (Å²) < 4.78 is 5.15. The first-order valence-corrected chi connectivity index (χ1v) is 6.69. The number of ether oxygens (including phenoxy) is 1. The highest BCUT2D eigenvalue weighted by atomic mass is 16.5. The highest BCUT2D eigenvalue weighted by Crippen LogP contribution is 2.18. The van der Waals surface area contributed by atoms with E-state index in [2.05, 4.69) is 5.32 Å². The van der Waals surface area contributed by atoms with Crippen molar-refractivity contribution in [3.05, 3.63) is 0 Å². The van der Waals surface area contributed by atoms with Crippen LogP contribution in [0.15, 0.2) is 0 Å². The number of nitrogens with one attached hydrogen (secondary N) is 1. The van der Waals surface area contributed by atoms with Crippen LogP contribution in [0, 0.1) is 0 Å². The highest BCUT2D eigenvalue weighted by Gasteiger charge is 2.39. The molecule has 7 nitrogen and oxygen atoms in total. The number of carbonyl (C=O) groups is 3. The second-order valence-corrected chi connectivity index (χ2v) is 4.94. The maximum absolute atomic E-state index is 12.1.